The Morgan fingerprint density at radius 3 is 2.71 bits per heavy atom. The largest absolute Gasteiger partial charge is 0.300 e. The van der Waals surface area contributed by atoms with Crippen LogP contribution in [-0.2, 0) is 0 Å². The van der Waals surface area contributed by atoms with Crippen molar-refractivity contribution in [1.82, 2.24) is 14.9 Å². The van der Waals surface area contributed by atoms with Crippen molar-refractivity contribution in [3.63, 3.8) is 0 Å². The summed E-state index contributed by atoms with van der Waals surface area (Å²) in [6, 6.07) is 6.74. The third-order valence-electron chi connectivity index (χ3n) is 5.13. The molecule has 2 bridgehead atoms. The van der Waals surface area contributed by atoms with Crippen molar-refractivity contribution in [3.05, 3.63) is 48.3 Å². The molecule has 0 spiro atoms. The average Bonchev–Trinajstić information content (AvgIpc) is 3.03. The van der Waals surface area contributed by atoms with Crippen molar-refractivity contribution < 1.29 is 4.39 Å². The molecule has 0 aromatic carbocycles. The van der Waals surface area contributed by atoms with Crippen molar-refractivity contribution in [3.8, 4) is 11.1 Å². The van der Waals surface area contributed by atoms with E-state index in [9.17, 15) is 4.39 Å². The summed E-state index contributed by atoms with van der Waals surface area (Å²) in [7, 11) is 2.24. The van der Waals surface area contributed by atoms with Crippen molar-refractivity contribution in [2.75, 3.05) is 7.05 Å². The second-order valence-electron chi connectivity index (χ2n) is 6.18. The fourth-order valence-corrected chi connectivity index (χ4v) is 3.98. The fourth-order valence-electron chi connectivity index (χ4n) is 3.98. The highest BCUT2D eigenvalue weighted by atomic mass is 18.2. The highest BCUT2D eigenvalue weighted by Gasteiger charge is 2.44. The molecule has 2 aromatic heterocycles. The molecule has 0 saturated carbocycles. The highest BCUT2D eigenvalue weighted by molar-refractivity contribution is 5.62. The molecule has 2 fully saturated rings. The van der Waals surface area contributed by atoms with Crippen LogP contribution >= 0.6 is 0 Å². The summed E-state index contributed by atoms with van der Waals surface area (Å²) in [5, 5.41) is 0. The number of likely N-dealkylation sites (N-methyl/N-ethyl adjacent to an activating group) is 1. The molecule has 0 radical (unpaired) electrons. The normalized spacial score (nSPS) is 28.2. The molecule has 21 heavy (non-hydrogen) atoms. The van der Waals surface area contributed by atoms with E-state index in [0.717, 1.165) is 17.2 Å². The Hall–Kier alpha value is -1.81. The molecular weight excluding hydrogens is 264 g/mol. The fraction of sp³-hybridized carbons (Fsp3) is 0.412. The van der Waals surface area contributed by atoms with Gasteiger partial charge in [-0.1, -0.05) is 0 Å². The number of hydrogen-bond donors (Lipinski definition) is 0. The van der Waals surface area contributed by atoms with E-state index in [-0.39, 0.29) is 0 Å². The minimum atomic E-state index is -0.447. The number of aromatic nitrogens is 2. The van der Waals surface area contributed by atoms with E-state index in [4.69, 9.17) is 0 Å². The lowest BCUT2D eigenvalue weighted by Crippen LogP contribution is -2.25. The minimum absolute atomic E-state index is 0.447. The maximum atomic E-state index is 12.9. The van der Waals surface area contributed by atoms with E-state index in [0.29, 0.717) is 12.0 Å². The number of hydrogen-bond acceptors (Lipinski definition) is 3. The van der Waals surface area contributed by atoms with Crippen molar-refractivity contribution in [1.29, 1.82) is 0 Å². The Morgan fingerprint density at radius 1 is 1.14 bits per heavy atom. The Morgan fingerprint density at radius 2 is 2.05 bits per heavy atom. The van der Waals surface area contributed by atoms with Crippen LogP contribution in [0.5, 0.6) is 0 Å². The first-order chi connectivity index (χ1) is 10.2. The number of pyridine rings is 2. The van der Waals surface area contributed by atoms with Crippen LogP contribution in [0.25, 0.3) is 11.1 Å². The molecule has 4 rings (SSSR count). The van der Waals surface area contributed by atoms with Crippen LogP contribution in [-0.4, -0.2) is 34.0 Å². The number of halogens is 1. The molecule has 2 aliphatic heterocycles. The Balaban J connectivity index is 1.66. The van der Waals surface area contributed by atoms with Gasteiger partial charge in [0, 0.05) is 47.7 Å². The van der Waals surface area contributed by atoms with E-state index in [1.807, 2.05) is 12.4 Å². The van der Waals surface area contributed by atoms with Crippen LogP contribution in [0, 0.1) is 5.95 Å². The summed E-state index contributed by atoms with van der Waals surface area (Å²) in [6.45, 7) is 0. The van der Waals surface area contributed by atoms with Crippen molar-refractivity contribution >= 4 is 0 Å². The lowest BCUT2D eigenvalue weighted by atomic mass is 9.84. The lowest BCUT2D eigenvalue weighted by Gasteiger charge is -2.22. The van der Waals surface area contributed by atoms with Gasteiger partial charge in [-0.05, 0) is 50.1 Å². The molecule has 0 amide bonds. The average molecular weight is 282 g/mol. The highest BCUT2D eigenvalue weighted by Crippen LogP contribution is 2.45. The molecule has 3 nitrogen and oxygen atoms in total. The van der Waals surface area contributed by atoms with Gasteiger partial charge in [0.15, 0.2) is 0 Å². The monoisotopic (exact) mass is 282 g/mol. The van der Waals surface area contributed by atoms with Crippen LogP contribution in [0.2, 0.25) is 0 Å². The van der Waals surface area contributed by atoms with Gasteiger partial charge in [-0.25, -0.2) is 4.98 Å². The molecule has 0 aliphatic carbocycles. The molecular formula is C17H18FN3. The molecule has 0 unspecified atom stereocenters. The van der Waals surface area contributed by atoms with Gasteiger partial charge in [0.05, 0.1) is 0 Å². The maximum absolute atomic E-state index is 12.9. The van der Waals surface area contributed by atoms with Crippen molar-refractivity contribution in [2.45, 2.75) is 37.3 Å². The van der Waals surface area contributed by atoms with Gasteiger partial charge in [0.2, 0.25) is 5.95 Å². The first-order valence-electron chi connectivity index (χ1n) is 7.51. The van der Waals surface area contributed by atoms with Gasteiger partial charge in [-0.3, -0.25) is 9.88 Å². The molecule has 2 aromatic rings. The first-order valence-corrected chi connectivity index (χ1v) is 7.51. The van der Waals surface area contributed by atoms with Crippen LogP contribution in [0.1, 0.15) is 30.7 Å². The predicted molar refractivity (Wildman–Crippen MR) is 79.4 cm³/mol. The SMILES string of the molecule is CN1[C@@H]2CC[C@@H]1[C@@H](c1cncc(-c3ccc([18F])nc3)c1)C2. The Kier molecular flexibility index (Phi) is 3.00. The zero-order chi connectivity index (χ0) is 14.4. The van der Waals surface area contributed by atoms with Crippen LogP contribution in [0.15, 0.2) is 36.8 Å². The van der Waals surface area contributed by atoms with Gasteiger partial charge in [-0.2, -0.15) is 4.39 Å². The van der Waals surface area contributed by atoms with E-state index >= 15 is 0 Å². The molecule has 3 atom stereocenters. The number of fused-ring (bicyclic) bond motifs is 2. The van der Waals surface area contributed by atoms with Crippen molar-refractivity contribution in [2.24, 2.45) is 0 Å². The second kappa shape index (κ2) is 4.88. The van der Waals surface area contributed by atoms with Gasteiger partial charge in [0.25, 0.3) is 0 Å². The summed E-state index contributed by atoms with van der Waals surface area (Å²) < 4.78 is 12.9. The summed E-state index contributed by atoms with van der Waals surface area (Å²) in [6.07, 6.45) is 9.23. The smallest absolute Gasteiger partial charge is 0.212 e. The van der Waals surface area contributed by atoms with Gasteiger partial charge >= 0.3 is 0 Å². The molecule has 108 valence electrons. The summed E-state index contributed by atoms with van der Waals surface area (Å²) in [5.41, 5.74) is 3.24. The van der Waals surface area contributed by atoms with E-state index in [1.54, 1.807) is 12.3 Å². The summed E-state index contributed by atoms with van der Waals surface area (Å²) in [5.74, 6) is 0.132. The third-order valence-corrected chi connectivity index (χ3v) is 5.13. The van der Waals surface area contributed by atoms with Gasteiger partial charge in [0.1, 0.15) is 0 Å². The van der Waals surface area contributed by atoms with Gasteiger partial charge in [-0.15, -0.1) is 0 Å². The summed E-state index contributed by atoms with van der Waals surface area (Å²) in [4.78, 5) is 10.7. The third kappa shape index (κ3) is 2.14. The predicted octanol–water partition coefficient (Wildman–Crippen LogP) is 3.23. The molecule has 0 N–H and O–H groups in total. The number of nitrogens with zero attached hydrogens (tertiary/aromatic N) is 3. The maximum Gasteiger partial charge on any atom is 0.212 e. The molecule has 4 heterocycles. The summed E-state index contributed by atoms with van der Waals surface area (Å²) >= 11 is 0. The van der Waals surface area contributed by atoms with E-state index < -0.39 is 5.95 Å². The van der Waals surface area contributed by atoms with Crippen LogP contribution in [0.4, 0.5) is 4.39 Å². The molecule has 2 saturated heterocycles. The Labute approximate surface area is 123 Å². The lowest BCUT2D eigenvalue weighted by molar-refractivity contribution is 0.307. The minimum Gasteiger partial charge on any atom is -0.300 e. The standard InChI is InChI=1S/C17H18FN3/c1-21-14-3-4-16(21)15(7-14)13-6-12(8-19-9-13)11-2-5-17(18)20-10-11/h2,5-6,8-10,14-16H,3-4,7H2,1H3/t14-,15-,16-/m1/s1/i18-1. The zero-order valence-corrected chi connectivity index (χ0v) is 12.0. The molecule has 4 heteroatoms. The van der Waals surface area contributed by atoms with Crippen LogP contribution < -0.4 is 0 Å². The zero-order valence-electron chi connectivity index (χ0n) is 12.0. The number of rotatable bonds is 2. The van der Waals surface area contributed by atoms with E-state index in [1.165, 1.54) is 30.9 Å². The molecule has 2 aliphatic rings. The first kappa shape index (κ1) is 12.9. The second-order valence-corrected chi connectivity index (χ2v) is 6.18. The van der Waals surface area contributed by atoms with Gasteiger partial charge < -0.3 is 0 Å². The van der Waals surface area contributed by atoms with Crippen LogP contribution in [0.3, 0.4) is 0 Å². The quantitative estimate of drug-likeness (QED) is 0.792. The Bertz CT molecular complexity index is 655. The topological polar surface area (TPSA) is 29.0 Å². The van der Waals surface area contributed by atoms with E-state index in [2.05, 4.69) is 28.0 Å².